The van der Waals surface area contributed by atoms with E-state index in [1.165, 1.54) is 11.1 Å². The van der Waals surface area contributed by atoms with Gasteiger partial charge in [0.15, 0.2) is 0 Å². The fourth-order valence-electron chi connectivity index (χ4n) is 2.32. The quantitative estimate of drug-likeness (QED) is 0.786. The van der Waals surface area contributed by atoms with Crippen molar-refractivity contribution in [1.82, 2.24) is 5.32 Å². The Balaban J connectivity index is 1.96. The van der Waals surface area contributed by atoms with Gasteiger partial charge in [-0.25, -0.2) is 0 Å². The largest absolute Gasteiger partial charge is 0.351 e. The maximum atomic E-state index is 12.5. The lowest BCUT2D eigenvalue weighted by Crippen LogP contribution is -2.44. The van der Waals surface area contributed by atoms with Crippen LogP contribution in [0.4, 0.5) is 5.69 Å². The van der Waals surface area contributed by atoms with E-state index >= 15 is 0 Å². The molecule has 0 aromatic heterocycles. The molecule has 25 heavy (non-hydrogen) atoms. The molecule has 2 aromatic carbocycles. The van der Waals surface area contributed by atoms with Gasteiger partial charge in [0.05, 0.1) is 0 Å². The second kappa shape index (κ2) is 7.97. The van der Waals surface area contributed by atoms with Crippen molar-refractivity contribution in [3.63, 3.8) is 0 Å². The number of hydrogen-bond acceptors (Lipinski definition) is 2. The number of anilines is 1. The van der Waals surface area contributed by atoms with Gasteiger partial charge in [0.1, 0.15) is 5.41 Å². The lowest BCUT2D eigenvalue weighted by atomic mass is 9.90. The average molecular weight is 338 g/mol. The first-order valence-corrected chi connectivity index (χ1v) is 8.57. The van der Waals surface area contributed by atoms with E-state index in [0.29, 0.717) is 12.2 Å². The number of rotatable bonds is 6. The molecule has 132 valence electrons. The third-order valence-electron chi connectivity index (χ3n) is 4.33. The maximum Gasteiger partial charge on any atom is 0.239 e. The minimum absolute atomic E-state index is 0.296. The highest BCUT2D eigenvalue weighted by molar-refractivity contribution is 6.09. The number of benzene rings is 2. The summed E-state index contributed by atoms with van der Waals surface area (Å²) in [7, 11) is 0. The van der Waals surface area contributed by atoms with Crippen molar-refractivity contribution < 1.29 is 9.59 Å². The first-order chi connectivity index (χ1) is 11.8. The van der Waals surface area contributed by atoms with Crippen LogP contribution in [0.1, 0.15) is 37.5 Å². The van der Waals surface area contributed by atoms with Gasteiger partial charge in [0.2, 0.25) is 11.8 Å². The summed E-state index contributed by atoms with van der Waals surface area (Å²) in [6, 6.07) is 15.6. The van der Waals surface area contributed by atoms with E-state index in [4.69, 9.17) is 0 Å². The minimum Gasteiger partial charge on any atom is -0.351 e. The predicted molar refractivity (Wildman–Crippen MR) is 101 cm³/mol. The van der Waals surface area contributed by atoms with E-state index in [9.17, 15) is 9.59 Å². The zero-order valence-electron chi connectivity index (χ0n) is 15.3. The molecule has 2 N–H and O–H groups in total. The molecule has 4 heteroatoms. The Hall–Kier alpha value is -2.62. The van der Waals surface area contributed by atoms with Crippen molar-refractivity contribution in [2.75, 3.05) is 5.32 Å². The molecular weight excluding hydrogens is 312 g/mol. The van der Waals surface area contributed by atoms with Crippen molar-refractivity contribution in [2.24, 2.45) is 5.41 Å². The third kappa shape index (κ3) is 4.92. The summed E-state index contributed by atoms with van der Waals surface area (Å²) < 4.78 is 0. The van der Waals surface area contributed by atoms with Crippen LogP contribution in [0, 0.1) is 12.3 Å². The molecule has 0 aliphatic rings. The van der Waals surface area contributed by atoms with Crippen LogP contribution >= 0.6 is 0 Å². The van der Waals surface area contributed by atoms with Gasteiger partial charge in [-0.3, -0.25) is 9.59 Å². The highest BCUT2D eigenvalue weighted by atomic mass is 16.2. The Bertz CT molecular complexity index is 731. The first kappa shape index (κ1) is 18.7. The topological polar surface area (TPSA) is 58.2 Å². The third-order valence-corrected chi connectivity index (χ3v) is 4.33. The molecule has 0 atom stereocenters. The molecule has 2 aromatic rings. The predicted octanol–water partition coefficient (Wildman–Crippen LogP) is 3.84. The Morgan fingerprint density at radius 3 is 2.00 bits per heavy atom. The average Bonchev–Trinajstić information content (AvgIpc) is 2.61. The standard InChI is InChI=1S/C21H26N2O2/c1-5-16-10-12-18(13-11-16)23-20(25)21(3,4)19(24)22-14-17-8-6-15(2)7-9-17/h6-13H,5,14H2,1-4H3,(H,22,24)(H,23,25). The van der Waals surface area contributed by atoms with Crippen LogP contribution in [-0.4, -0.2) is 11.8 Å². The lowest BCUT2D eigenvalue weighted by molar-refractivity contribution is -0.138. The van der Waals surface area contributed by atoms with E-state index in [-0.39, 0.29) is 11.8 Å². The Kier molecular flexibility index (Phi) is 5.97. The molecule has 0 spiro atoms. The summed E-state index contributed by atoms with van der Waals surface area (Å²) >= 11 is 0. The van der Waals surface area contributed by atoms with Crippen LogP contribution in [0.5, 0.6) is 0 Å². The van der Waals surface area contributed by atoms with Crippen LogP contribution in [0.15, 0.2) is 48.5 Å². The number of aryl methyl sites for hydroxylation is 2. The number of hydrogen-bond donors (Lipinski definition) is 2. The van der Waals surface area contributed by atoms with Crippen molar-refractivity contribution in [3.8, 4) is 0 Å². The SMILES string of the molecule is CCc1ccc(NC(=O)C(C)(C)C(=O)NCc2ccc(C)cc2)cc1. The van der Waals surface area contributed by atoms with Crippen LogP contribution in [0.3, 0.4) is 0 Å². The van der Waals surface area contributed by atoms with Gasteiger partial charge in [0, 0.05) is 12.2 Å². The molecule has 0 aliphatic carbocycles. The molecular formula is C21H26N2O2. The normalized spacial score (nSPS) is 11.0. The summed E-state index contributed by atoms with van der Waals surface area (Å²) in [6.07, 6.45) is 0.946. The molecule has 0 radical (unpaired) electrons. The van der Waals surface area contributed by atoms with Crippen LogP contribution < -0.4 is 10.6 Å². The maximum absolute atomic E-state index is 12.5. The number of nitrogens with one attached hydrogen (secondary N) is 2. The van der Waals surface area contributed by atoms with Crippen LogP contribution in [-0.2, 0) is 22.6 Å². The molecule has 2 amide bonds. The molecule has 0 saturated carbocycles. The van der Waals surface area contributed by atoms with Gasteiger partial charge in [-0.15, -0.1) is 0 Å². The van der Waals surface area contributed by atoms with E-state index < -0.39 is 5.41 Å². The molecule has 0 heterocycles. The van der Waals surface area contributed by atoms with Crippen molar-refractivity contribution in [2.45, 2.75) is 40.7 Å². The second-order valence-electron chi connectivity index (χ2n) is 6.80. The summed E-state index contributed by atoms with van der Waals surface area (Å²) in [5.74, 6) is -0.617. The lowest BCUT2D eigenvalue weighted by Gasteiger charge is -2.23. The van der Waals surface area contributed by atoms with E-state index in [1.807, 2.05) is 55.5 Å². The molecule has 0 fully saturated rings. The number of carbonyl (C=O) groups excluding carboxylic acids is 2. The number of carbonyl (C=O) groups is 2. The molecule has 4 nitrogen and oxygen atoms in total. The minimum atomic E-state index is -1.16. The Labute approximate surface area is 149 Å². The van der Waals surface area contributed by atoms with E-state index in [1.54, 1.807) is 13.8 Å². The van der Waals surface area contributed by atoms with Crippen LogP contribution in [0.25, 0.3) is 0 Å². The molecule has 0 unspecified atom stereocenters. The summed E-state index contributed by atoms with van der Waals surface area (Å²) in [6.45, 7) is 7.76. The Morgan fingerprint density at radius 1 is 0.880 bits per heavy atom. The summed E-state index contributed by atoms with van der Waals surface area (Å²) in [4.78, 5) is 25.0. The van der Waals surface area contributed by atoms with Gasteiger partial charge < -0.3 is 10.6 Å². The van der Waals surface area contributed by atoms with Crippen molar-refractivity contribution >= 4 is 17.5 Å². The second-order valence-corrected chi connectivity index (χ2v) is 6.80. The zero-order valence-corrected chi connectivity index (χ0v) is 15.3. The van der Waals surface area contributed by atoms with Gasteiger partial charge in [-0.05, 0) is 50.5 Å². The van der Waals surface area contributed by atoms with E-state index in [2.05, 4.69) is 17.6 Å². The fourth-order valence-corrected chi connectivity index (χ4v) is 2.32. The van der Waals surface area contributed by atoms with Gasteiger partial charge >= 0.3 is 0 Å². The van der Waals surface area contributed by atoms with Gasteiger partial charge in [-0.2, -0.15) is 0 Å². The smallest absolute Gasteiger partial charge is 0.239 e. The zero-order chi connectivity index (χ0) is 18.4. The first-order valence-electron chi connectivity index (χ1n) is 8.57. The monoisotopic (exact) mass is 338 g/mol. The van der Waals surface area contributed by atoms with Crippen LogP contribution in [0.2, 0.25) is 0 Å². The highest BCUT2D eigenvalue weighted by Gasteiger charge is 2.35. The van der Waals surface area contributed by atoms with Crippen molar-refractivity contribution in [1.29, 1.82) is 0 Å². The fraction of sp³-hybridized carbons (Fsp3) is 0.333. The van der Waals surface area contributed by atoms with E-state index in [0.717, 1.165) is 12.0 Å². The molecule has 0 bridgehead atoms. The molecule has 0 saturated heterocycles. The van der Waals surface area contributed by atoms with Gasteiger partial charge in [-0.1, -0.05) is 48.9 Å². The highest BCUT2D eigenvalue weighted by Crippen LogP contribution is 2.20. The number of amides is 2. The summed E-state index contributed by atoms with van der Waals surface area (Å²) in [5, 5.41) is 5.66. The molecule has 2 rings (SSSR count). The van der Waals surface area contributed by atoms with Crippen molar-refractivity contribution in [3.05, 3.63) is 65.2 Å². The molecule has 0 aliphatic heterocycles. The Morgan fingerprint density at radius 2 is 1.44 bits per heavy atom. The summed E-state index contributed by atoms with van der Waals surface area (Å²) in [5.41, 5.74) is 2.91. The van der Waals surface area contributed by atoms with Gasteiger partial charge in [0.25, 0.3) is 0 Å².